The first-order valence-electron chi connectivity index (χ1n) is 15.1. The second-order valence-corrected chi connectivity index (χ2v) is 13.1. The van der Waals surface area contributed by atoms with E-state index in [2.05, 4.69) is 25.4 Å². The van der Waals surface area contributed by atoms with Crippen LogP contribution in [0.4, 0.5) is 0 Å². The van der Waals surface area contributed by atoms with Crippen molar-refractivity contribution in [2.24, 2.45) is 22.7 Å². The van der Waals surface area contributed by atoms with E-state index in [1.807, 2.05) is 13.8 Å². The molecule has 9 nitrogen and oxygen atoms in total. The molecule has 226 valence electrons. The van der Waals surface area contributed by atoms with E-state index in [0.29, 0.717) is 30.8 Å². The second-order valence-electron chi connectivity index (χ2n) is 13.1. The molecular weight excluding hydrogens is 538 g/mol. The van der Waals surface area contributed by atoms with Gasteiger partial charge in [-0.2, -0.15) is 0 Å². The Morgan fingerprint density at radius 3 is 2.81 bits per heavy atom. The van der Waals surface area contributed by atoms with Crippen molar-refractivity contribution in [3.63, 3.8) is 0 Å². The maximum atomic E-state index is 13.5. The first-order valence-corrected chi connectivity index (χ1v) is 15.1. The highest BCUT2D eigenvalue weighted by molar-refractivity contribution is 5.69. The number of esters is 1. The maximum absolute atomic E-state index is 13.5. The SMILES string of the molecule is C=C[C@@H]1OC[C@@]2(C)[C@@H]3C[C@H](OC(=O)CCCC)[C@@]4(C)Oc5cc(-c6cccnc6)oc(=O)c5[C@H](O)[C@@H]4[C@@]3(C)CC[C@@H]2O1. The smallest absolute Gasteiger partial charge is 0.345 e. The van der Waals surface area contributed by atoms with Crippen LogP contribution >= 0.6 is 0 Å². The molecule has 4 heterocycles. The van der Waals surface area contributed by atoms with Crippen molar-refractivity contribution < 1.29 is 33.3 Å². The molecule has 2 saturated carbocycles. The first-order chi connectivity index (χ1) is 20.0. The average molecular weight is 580 g/mol. The number of hydrogen-bond acceptors (Lipinski definition) is 9. The van der Waals surface area contributed by atoms with E-state index in [1.165, 1.54) is 0 Å². The third-order valence-corrected chi connectivity index (χ3v) is 10.6. The number of pyridine rings is 1. The standard InChI is InChI=1S/C33H41NO8/c1-6-8-11-25(35)40-24-16-22-31(3,13-12-23-32(22,4)18-38-26(7-2)41-23)29-28(36)27-21(42-33(24,29)5)15-20(39-30(27)37)19-10-9-14-34-17-19/h7,9-10,14-15,17,22-24,26,28-29,36H,2,6,8,11-13,16,18H2,1,3-5H3/t22-,23+,24+,26-,28+,29-,31+,32+,33-/m1/s1. The Balaban J connectivity index is 1.46. The van der Waals surface area contributed by atoms with Crippen LogP contribution in [0.15, 0.2) is 52.5 Å². The van der Waals surface area contributed by atoms with Crippen molar-refractivity contribution >= 4 is 5.97 Å². The summed E-state index contributed by atoms with van der Waals surface area (Å²) in [5.41, 5.74) is -1.97. The predicted molar refractivity (Wildman–Crippen MR) is 153 cm³/mol. The number of unbranched alkanes of at least 4 members (excludes halogenated alkanes) is 1. The number of aromatic nitrogens is 1. The number of fused-ring (bicyclic) bond motifs is 6. The number of aliphatic hydroxyl groups is 1. The molecule has 9 heteroatoms. The summed E-state index contributed by atoms with van der Waals surface area (Å²) in [5, 5.41) is 12.2. The molecule has 0 spiro atoms. The third kappa shape index (κ3) is 4.43. The van der Waals surface area contributed by atoms with Crippen molar-refractivity contribution in [3.05, 3.63) is 59.2 Å². The molecule has 0 bridgehead atoms. The van der Waals surface area contributed by atoms with Crippen LogP contribution in [0.2, 0.25) is 0 Å². The number of rotatable bonds is 6. The molecule has 2 aliphatic heterocycles. The molecule has 4 aliphatic rings. The number of hydrogen-bond donors (Lipinski definition) is 1. The quantitative estimate of drug-likeness (QED) is 0.357. The fraction of sp³-hybridized carbons (Fsp3) is 0.606. The molecular formula is C33H41NO8. The number of carbonyl (C=O) groups excluding carboxylic acids is 1. The summed E-state index contributed by atoms with van der Waals surface area (Å²) in [4.78, 5) is 30.7. The Morgan fingerprint density at radius 2 is 2.10 bits per heavy atom. The minimum absolute atomic E-state index is 0.0573. The maximum Gasteiger partial charge on any atom is 0.345 e. The third-order valence-electron chi connectivity index (χ3n) is 10.6. The van der Waals surface area contributed by atoms with Crippen molar-refractivity contribution in [2.45, 2.75) is 96.4 Å². The lowest BCUT2D eigenvalue weighted by atomic mass is 9.42. The van der Waals surface area contributed by atoms with E-state index in [0.717, 1.165) is 25.7 Å². The van der Waals surface area contributed by atoms with Gasteiger partial charge < -0.3 is 28.5 Å². The van der Waals surface area contributed by atoms with Crippen LogP contribution in [0.5, 0.6) is 5.75 Å². The van der Waals surface area contributed by atoms with Crippen LogP contribution in [-0.4, -0.2) is 46.8 Å². The largest absolute Gasteiger partial charge is 0.482 e. The molecule has 2 aliphatic carbocycles. The predicted octanol–water partition coefficient (Wildman–Crippen LogP) is 5.36. The highest BCUT2D eigenvalue weighted by Crippen LogP contribution is 2.68. The molecule has 1 N–H and O–H groups in total. The molecule has 42 heavy (non-hydrogen) atoms. The summed E-state index contributed by atoms with van der Waals surface area (Å²) in [6.45, 7) is 12.6. The molecule has 0 amide bonds. The number of aliphatic hydroxyl groups excluding tert-OH is 1. The van der Waals surface area contributed by atoms with Gasteiger partial charge in [-0.25, -0.2) is 4.79 Å². The molecule has 3 fully saturated rings. The van der Waals surface area contributed by atoms with Gasteiger partial charge in [0.15, 0.2) is 6.29 Å². The van der Waals surface area contributed by atoms with Crippen molar-refractivity contribution in [3.8, 4) is 17.1 Å². The topological polar surface area (TPSA) is 117 Å². The van der Waals surface area contributed by atoms with Gasteiger partial charge in [-0.05, 0) is 62.1 Å². The van der Waals surface area contributed by atoms with E-state index in [9.17, 15) is 14.7 Å². The molecule has 2 aromatic rings. The average Bonchev–Trinajstić information content (AvgIpc) is 2.96. The monoisotopic (exact) mass is 579 g/mol. The summed E-state index contributed by atoms with van der Waals surface area (Å²) in [6.07, 6.45) is 6.35. The minimum Gasteiger partial charge on any atom is -0.482 e. The van der Waals surface area contributed by atoms with Gasteiger partial charge in [0.25, 0.3) is 0 Å². The Bertz CT molecular complexity index is 1410. The van der Waals surface area contributed by atoms with Gasteiger partial charge in [-0.15, -0.1) is 0 Å². The zero-order valence-corrected chi connectivity index (χ0v) is 24.8. The Morgan fingerprint density at radius 1 is 1.29 bits per heavy atom. The molecule has 0 unspecified atom stereocenters. The molecule has 0 aromatic carbocycles. The molecule has 2 aromatic heterocycles. The summed E-state index contributed by atoms with van der Waals surface area (Å²) in [6, 6.07) is 5.18. The van der Waals surface area contributed by atoms with E-state index >= 15 is 0 Å². The summed E-state index contributed by atoms with van der Waals surface area (Å²) >= 11 is 0. The lowest BCUT2D eigenvalue weighted by molar-refractivity contribution is -0.318. The van der Waals surface area contributed by atoms with Crippen molar-refractivity contribution in [1.82, 2.24) is 4.98 Å². The number of nitrogens with zero attached hydrogens (tertiary/aromatic N) is 1. The van der Waals surface area contributed by atoms with Gasteiger partial charge in [0, 0.05) is 41.8 Å². The van der Waals surface area contributed by atoms with Crippen LogP contribution < -0.4 is 10.4 Å². The van der Waals surface area contributed by atoms with Crippen LogP contribution in [-0.2, 0) is 19.0 Å². The fourth-order valence-corrected chi connectivity index (χ4v) is 8.54. The normalized spacial score (nSPS) is 38.6. The molecule has 9 atom stereocenters. The van der Waals surface area contributed by atoms with Gasteiger partial charge in [0.05, 0.1) is 18.8 Å². The Hall–Kier alpha value is -3.01. The van der Waals surface area contributed by atoms with Gasteiger partial charge >= 0.3 is 11.6 Å². The Labute approximate surface area is 246 Å². The zero-order chi connectivity index (χ0) is 29.9. The summed E-state index contributed by atoms with van der Waals surface area (Å²) in [7, 11) is 0. The number of carbonyl (C=O) groups is 1. The molecule has 6 rings (SSSR count). The lowest BCUT2D eigenvalue weighted by Gasteiger charge is -2.67. The highest BCUT2D eigenvalue weighted by Gasteiger charge is 2.71. The highest BCUT2D eigenvalue weighted by atomic mass is 16.7. The van der Waals surface area contributed by atoms with Crippen LogP contribution in [0.3, 0.4) is 0 Å². The van der Waals surface area contributed by atoms with Gasteiger partial charge in [0.2, 0.25) is 0 Å². The van der Waals surface area contributed by atoms with Crippen molar-refractivity contribution in [1.29, 1.82) is 0 Å². The van der Waals surface area contributed by atoms with Gasteiger partial charge in [-0.1, -0.05) is 33.8 Å². The Kier molecular flexibility index (Phi) is 7.35. The minimum atomic E-state index is -1.20. The molecule has 1 saturated heterocycles. The van der Waals surface area contributed by atoms with E-state index < -0.39 is 46.5 Å². The van der Waals surface area contributed by atoms with Crippen LogP contribution in [0, 0.1) is 22.7 Å². The summed E-state index contributed by atoms with van der Waals surface area (Å²) in [5.74, 6) is -0.386. The van der Waals surface area contributed by atoms with Gasteiger partial charge in [-0.3, -0.25) is 9.78 Å². The fourth-order valence-electron chi connectivity index (χ4n) is 8.54. The summed E-state index contributed by atoms with van der Waals surface area (Å²) < 4.78 is 31.1. The van der Waals surface area contributed by atoms with Gasteiger partial charge in [0.1, 0.15) is 28.8 Å². The number of ether oxygens (including phenoxy) is 4. The first kappa shape index (κ1) is 29.1. The lowest BCUT2D eigenvalue weighted by Crippen LogP contribution is -2.72. The van der Waals surface area contributed by atoms with E-state index in [1.54, 1.807) is 36.7 Å². The second kappa shape index (κ2) is 10.6. The van der Waals surface area contributed by atoms with Crippen LogP contribution in [0.25, 0.3) is 11.3 Å². The zero-order valence-electron chi connectivity index (χ0n) is 24.8. The molecule has 0 radical (unpaired) electrons. The van der Waals surface area contributed by atoms with Crippen LogP contribution in [0.1, 0.15) is 77.9 Å². The van der Waals surface area contributed by atoms with E-state index in [4.69, 9.17) is 23.4 Å². The van der Waals surface area contributed by atoms with E-state index in [-0.39, 0.29) is 29.3 Å². The van der Waals surface area contributed by atoms with Crippen molar-refractivity contribution in [2.75, 3.05) is 6.61 Å².